The zero-order chi connectivity index (χ0) is 44.1. The first-order valence-electron chi connectivity index (χ1n) is 22.5. The van der Waals surface area contributed by atoms with Crippen LogP contribution in [-0.4, -0.2) is 96.0 Å². The molecule has 4 N–H and O–H groups in total. The summed E-state index contributed by atoms with van der Waals surface area (Å²) in [7, 11) is -4.61. The van der Waals surface area contributed by atoms with Crippen molar-refractivity contribution in [3.63, 3.8) is 0 Å². The van der Waals surface area contributed by atoms with Gasteiger partial charge in [0.1, 0.15) is 36.8 Å². The highest BCUT2D eigenvalue weighted by atomic mass is 32.2. The van der Waals surface area contributed by atoms with E-state index in [2.05, 4.69) is 74.6 Å². The maximum atomic E-state index is 12.8. The minimum atomic E-state index is -4.61. The highest BCUT2D eigenvalue weighted by molar-refractivity contribution is 7.85. The van der Waals surface area contributed by atoms with E-state index in [1.165, 1.54) is 44.9 Å². The molecule has 13 heteroatoms. The summed E-state index contributed by atoms with van der Waals surface area (Å²) in [5.41, 5.74) is 0. The number of carbonyl (C=O) groups is 2. The van der Waals surface area contributed by atoms with Crippen LogP contribution >= 0.6 is 0 Å². The quantitative estimate of drug-likeness (QED) is 0.0203. The van der Waals surface area contributed by atoms with Crippen molar-refractivity contribution in [3.8, 4) is 0 Å². The molecule has 1 rings (SSSR count). The molecule has 1 fully saturated rings. The number of unbranched alkanes of at least 4 members (excludes halogenated alkanes) is 12. The number of carbonyl (C=O) groups excluding carboxylic acids is 2. The molecule has 60 heavy (non-hydrogen) atoms. The third kappa shape index (κ3) is 31.0. The zero-order valence-electron chi connectivity index (χ0n) is 36.5. The summed E-state index contributed by atoms with van der Waals surface area (Å²) in [4.78, 5) is 25.4. The van der Waals surface area contributed by atoms with E-state index in [1.807, 2.05) is 12.2 Å². The van der Waals surface area contributed by atoms with E-state index >= 15 is 0 Å². The van der Waals surface area contributed by atoms with Crippen LogP contribution in [0, 0.1) is 0 Å². The van der Waals surface area contributed by atoms with Crippen LogP contribution in [0.4, 0.5) is 0 Å². The summed E-state index contributed by atoms with van der Waals surface area (Å²) in [5.74, 6) is -2.07. The highest BCUT2D eigenvalue weighted by Gasteiger charge is 2.46. The Kier molecular flexibility index (Phi) is 33.7. The molecule has 0 aliphatic carbocycles. The van der Waals surface area contributed by atoms with Gasteiger partial charge in [-0.3, -0.25) is 14.1 Å². The fourth-order valence-electron chi connectivity index (χ4n) is 6.29. The first-order chi connectivity index (χ1) is 29.0. The lowest BCUT2D eigenvalue weighted by Crippen LogP contribution is -2.60. The Balaban J connectivity index is 2.51. The summed E-state index contributed by atoms with van der Waals surface area (Å²) in [6.07, 6.45) is 36.6. The fraction of sp³-hybridized carbons (Fsp3) is 0.702. The van der Waals surface area contributed by atoms with Crippen molar-refractivity contribution in [1.29, 1.82) is 0 Å². The number of aliphatic hydroxyl groups is 3. The Morgan fingerprint density at radius 1 is 0.583 bits per heavy atom. The number of allylic oxidation sites excluding steroid dienone is 12. The second-order valence-electron chi connectivity index (χ2n) is 15.3. The standard InChI is InChI=1S/C47H78O12S/c1-3-5-7-9-11-13-15-17-19-20-22-24-26-28-30-32-34-36-43(49)58-40(38-57-47-46(52)45(51)44(50)41(59-47)39-60(53,54)55)37-56-42(48)35-33-31-29-27-25-23-21-18-16-14-12-10-8-6-4-2/h5,7,11,13-14,16-17,19,22,24,28,30,40-41,44-47,50-52H,3-4,6,8-10,12,15,18,20-21,23,25-27,29,31-39H2,1-2H3,(H,53,54,55)/b7-5+,13-11+,16-14+,19-17+,24-22+,30-28+/t40-,41-,44-,45?,46?,47+/m1/s1. The Hall–Kier alpha value is -2.91. The molecular formula is C47H78O12S. The van der Waals surface area contributed by atoms with Crippen LogP contribution < -0.4 is 0 Å². The van der Waals surface area contributed by atoms with Crippen LogP contribution in [0.25, 0.3) is 0 Å². The van der Waals surface area contributed by atoms with Crippen LogP contribution in [0.3, 0.4) is 0 Å². The maximum Gasteiger partial charge on any atom is 0.306 e. The van der Waals surface area contributed by atoms with Gasteiger partial charge in [0.25, 0.3) is 10.1 Å². The van der Waals surface area contributed by atoms with Crippen molar-refractivity contribution in [2.24, 2.45) is 0 Å². The number of hydrogen-bond acceptors (Lipinski definition) is 11. The van der Waals surface area contributed by atoms with Crippen molar-refractivity contribution in [3.05, 3.63) is 72.9 Å². The lowest BCUT2D eigenvalue weighted by molar-refractivity contribution is -0.297. The van der Waals surface area contributed by atoms with Gasteiger partial charge in [0.05, 0.1) is 6.61 Å². The lowest BCUT2D eigenvalue weighted by Gasteiger charge is -2.40. The first-order valence-corrected chi connectivity index (χ1v) is 24.1. The third-order valence-corrected chi connectivity index (χ3v) is 10.5. The van der Waals surface area contributed by atoms with Gasteiger partial charge in [-0.25, -0.2) is 0 Å². The van der Waals surface area contributed by atoms with E-state index in [1.54, 1.807) is 0 Å². The van der Waals surface area contributed by atoms with Gasteiger partial charge in [-0.05, 0) is 77.0 Å². The molecule has 6 atom stereocenters. The van der Waals surface area contributed by atoms with Crippen LogP contribution in [0.2, 0.25) is 0 Å². The van der Waals surface area contributed by atoms with Crippen LogP contribution in [0.15, 0.2) is 72.9 Å². The van der Waals surface area contributed by atoms with Crippen molar-refractivity contribution < 1.29 is 56.8 Å². The van der Waals surface area contributed by atoms with Crippen molar-refractivity contribution in [1.82, 2.24) is 0 Å². The number of ether oxygens (including phenoxy) is 4. The van der Waals surface area contributed by atoms with E-state index in [-0.39, 0.29) is 19.4 Å². The molecule has 1 saturated heterocycles. The molecule has 1 heterocycles. The fourth-order valence-corrected chi connectivity index (χ4v) is 6.98. The molecular weight excluding hydrogens is 789 g/mol. The molecule has 1 aliphatic heterocycles. The molecule has 1 aliphatic rings. The maximum absolute atomic E-state index is 12.8. The Labute approximate surface area is 361 Å². The van der Waals surface area contributed by atoms with Gasteiger partial charge in [-0.1, -0.05) is 138 Å². The van der Waals surface area contributed by atoms with E-state index in [4.69, 9.17) is 18.9 Å². The van der Waals surface area contributed by atoms with Crippen molar-refractivity contribution in [2.75, 3.05) is 19.0 Å². The highest BCUT2D eigenvalue weighted by Crippen LogP contribution is 2.24. The number of esters is 2. The summed E-state index contributed by atoms with van der Waals surface area (Å²) in [6, 6.07) is 0. The molecule has 0 amide bonds. The van der Waals surface area contributed by atoms with Crippen molar-refractivity contribution in [2.45, 2.75) is 192 Å². The van der Waals surface area contributed by atoms with E-state index in [0.29, 0.717) is 19.3 Å². The van der Waals surface area contributed by atoms with Crippen LogP contribution in [0.5, 0.6) is 0 Å². The van der Waals surface area contributed by atoms with Crippen molar-refractivity contribution >= 4 is 22.1 Å². The third-order valence-electron chi connectivity index (χ3n) is 9.77. The molecule has 0 aromatic rings. The Bertz CT molecular complexity index is 1390. The predicted octanol–water partition coefficient (Wildman–Crippen LogP) is 9.11. The normalized spacial score (nSPS) is 20.8. The largest absolute Gasteiger partial charge is 0.462 e. The van der Waals surface area contributed by atoms with Gasteiger partial charge in [0.15, 0.2) is 12.4 Å². The molecule has 2 unspecified atom stereocenters. The average Bonchev–Trinajstić information content (AvgIpc) is 3.21. The summed E-state index contributed by atoms with van der Waals surface area (Å²) < 4.78 is 54.0. The summed E-state index contributed by atoms with van der Waals surface area (Å²) >= 11 is 0. The molecule has 12 nitrogen and oxygen atoms in total. The predicted molar refractivity (Wildman–Crippen MR) is 238 cm³/mol. The molecule has 0 aromatic carbocycles. The minimum Gasteiger partial charge on any atom is -0.462 e. The molecule has 0 radical (unpaired) electrons. The second-order valence-corrected chi connectivity index (χ2v) is 16.8. The minimum absolute atomic E-state index is 0.0818. The molecule has 0 aromatic heterocycles. The van der Waals surface area contributed by atoms with Gasteiger partial charge in [0, 0.05) is 12.8 Å². The number of aliphatic hydroxyl groups excluding tert-OH is 3. The number of hydrogen-bond donors (Lipinski definition) is 4. The van der Waals surface area contributed by atoms with E-state index in [0.717, 1.165) is 64.2 Å². The lowest BCUT2D eigenvalue weighted by atomic mass is 10.00. The first kappa shape index (κ1) is 55.1. The molecule has 0 saturated carbocycles. The monoisotopic (exact) mass is 867 g/mol. The van der Waals surface area contributed by atoms with E-state index in [9.17, 15) is 37.9 Å². The van der Waals surface area contributed by atoms with Gasteiger partial charge in [-0.2, -0.15) is 8.42 Å². The summed E-state index contributed by atoms with van der Waals surface area (Å²) in [6.45, 7) is 3.57. The summed E-state index contributed by atoms with van der Waals surface area (Å²) in [5, 5.41) is 30.9. The van der Waals surface area contributed by atoms with Gasteiger partial charge in [0.2, 0.25) is 0 Å². The second kappa shape index (κ2) is 36.7. The number of rotatable bonds is 36. The zero-order valence-corrected chi connectivity index (χ0v) is 37.3. The topological polar surface area (TPSA) is 186 Å². The van der Waals surface area contributed by atoms with Gasteiger partial charge >= 0.3 is 11.9 Å². The van der Waals surface area contributed by atoms with Crippen LogP contribution in [-0.2, 0) is 38.7 Å². The van der Waals surface area contributed by atoms with Crippen LogP contribution in [0.1, 0.15) is 155 Å². The molecule has 0 spiro atoms. The van der Waals surface area contributed by atoms with Gasteiger partial charge in [-0.15, -0.1) is 0 Å². The Morgan fingerprint density at radius 2 is 1.07 bits per heavy atom. The Morgan fingerprint density at radius 3 is 1.63 bits per heavy atom. The molecule has 0 bridgehead atoms. The SMILES string of the molecule is CC/C=C/C/C=C/C/C=C/C/C=C/C/C=C/CCCC(=O)O[C@H](COC(=O)CCCCCCCCC/C=C/CCCCCC)CO[C@H]1O[C@H](CS(=O)(=O)O)[C@@H](O)C(O)C1O. The smallest absolute Gasteiger partial charge is 0.306 e. The van der Waals surface area contributed by atoms with E-state index < -0.39 is 71.2 Å². The van der Waals surface area contributed by atoms with Gasteiger partial charge < -0.3 is 34.3 Å². The molecule has 344 valence electrons. The average molecular weight is 867 g/mol.